The topological polar surface area (TPSA) is 52.9 Å². The van der Waals surface area contributed by atoms with Crippen molar-refractivity contribution in [2.75, 3.05) is 20.2 Å². The number of nitrogens with zero attached hydrogens (tertiary/aromatic N) is 1. The Kier molecular flexibility index (Phi) is 4.80. The van der Waals surface area contributed by atoms with Crippen molar-refractivity contribution in [3.05, 3.63) is 23.5 Å². The predicted molar refractivity (Wildman–Crippen MR) is 72.2 cm³/mol. The van der Waals surface area contributed by atoms with Crippen LogP contribution >= 0.6 is 0 Å². The molecule has 0 amide bonds. The van der Waals surface area contributed by atoms with E-state index in [9.17, 15) is 23.2 Å². The van der Waals surface area contributed by atoms with Gasteiger partial charge >= 0.3 is 7.12 Å². The molecule has 8 heteroatoms. The van der Waals surface area contributed by atoms with Gasteiger partial charge in [0.15, 0.2) is 11.6 Å². The molecule has 0 aromatic heterocycles. The number of ether oxygens (including phenoxy) is 1. The second-order valence-corrected chi connectivity index (χ2v) is 5.21. The molecule has 0 atom stereocenters. The highest BCUT2D eigenvalue weighted by molar-refractivity contribution is 6.59. The van der Waals surface area contributed by atoms with Crippen molar-refractivity contribution in [1.82, 2.24) is 4.90 Å². The normalized spacial score (nSPS) is 18.6. The van der Waals surface area contributed by atoms with E-state index in [2.05, 4.69) is 0 Å². The van der Waals surface area contributed by atoms with Gasteiger partial charge in [0.1, 0.15) is 0 Å². The van der Waals surface area contributed by atoms with Gasteiger partial charge in [0.05, 0.1) is 7.11 Å². The summed E-state index contributed by atoms with van der Waals surface area (Å²) >= 11 is 0. The van der Waals surface area contributed by atoms with Crippen molar-refractivity contribution in [3.63, 3.8) is 0 Å². The van der Waals surface area contributed by atoms with E-state index in [0.717, 1.165) is 0 Å². The molecule has 4 nitrogen and oxygen atoms in total. The zero-order chi connectivity index (χ0) is 15.6. The number of methoxy groups -OCH3 is 1. The van der Waals surface area contributed by atoms with Crippen molar-refractivity contribution >= 4 is 12.6 Å². The van der Waals surface area contributed by atoms with Gasteiger partial charge in [-0.1, -0.05) is 6.07 Å². The third-order valence-corrected chi connectivity index (χ3v) is 3.61. The van der Waals surface area contributed by atoms with Crippen molar-refractivity contribution in [2.45, 2.75) is 25.3 Å². The Morgan fingerprint density at radius 3 is 2.43 bits per heavy atom. The van der Waals surface area contributed by atoms with E-state index in [-0.39, 0.29) is 43.7 Å². The summed E-state index contributed by atoms with van der Waals surface area (Å²) in [4.78, 5) is 1.78. The third kappa shape index (κ3) is 3.90. The average molecular weight is 303 g/mol. The lowest BCUT2D eigenvalue weighted by molar-refractivity contribution is -0.0566. The Hall–Kier alpha value is -1.25. The van der Waals surface area contributed by atoms with Crippen LogP contribution in [0.1, 0.15) is 18.4 Å². The molecule has 0 saturated carbocycles. The number of piperidine rings is 1. The summed E-state index contributed by atoms with van der Waals surface area (Å²) in [7, 11) is -0.628. The van der Waals surface area contributed by atoms with Gasteiger partial charge in [-0.3, -0.25) is 4.90 Å². The van der Waals surface area contributed by atoms with Gasteiger partial charge < -0.3 is 14.8 Å². The van der Waals surface area contributed by atoms with E-state index in [1.165, 1.54) is 19.2 Å². The Bertz CT molecular complexity index is 504. The van der Waals surface area contributed by atoms with Crippen molar-refractivity contribution in [3.8, 4) is 5.75 Å². The lowest BCUT2D eigenvalue weighted by Crippen LogP contribution is -2.39. The summed E-state index contributed by atoms with van der Waals surface area (Å²) in [6.45, 7) is 0.714. The fourth-order valence-corrected chi connectivity index (χ4v) is 2.47. The maximum atomic E-state index is 13.9. The molecule has 1 heterocycles. The molecule has 0 unspecified atom stereocenters. The second kappa shape index (κ2) is 6.25. The molecule has 2 rings (SSSR count). The van der Waals surface area contributed by atoms with E-state index < -0.39 is 18.9 Å². The summed E-state index contributed by atoms with van der Waals surface area (Å²) < 4.78 is 44.8. The Morgan fingerprint density at radius 2 is 1.90 bits per heavy atom. The van der Waals surface area contributed by atoms with Gasteiger partial charge in [0.25, 0.3) is 5.92 Å². The van der Waals surface area contributed by atoms with Crippen LogP contribution in [0.25, 0.3) is 0 Å². The van der Waals surface area contributed by atoms with Crippen LogP contribution in [0.3, 0.4) is 0 Å². The second-order valence-electron chi connectivity index (χ2n) is 5.21. The number of hydrogen-bond acceptors (Lipinski definition) is 4. The first-order valence-electron chi connectivity index (χ1n) is 6.65. The van der Waals surface area contributed by atoms with Crippen LogP contribution in [0.15, 0.2) is 12.1 Å². The largest absolute Gasteiger partial charge is 0.494 e. The SMILES string of the molecule is COc1c(F)cc(CN2CCC(F)(F)CC2)cc1B(O)O. The molecule has 0 aliphatic carbocycles. The molecule has 1 fully saturated rings. The zero-order valence-electron chi connectivity index (χ0n) is 11.7. The molecule has 1 aliphatic heterocycles. The van der Waals surface area contributed by atoms with Crippen molar-refractivity contribution < 1.29 is 28.0 Å². The monoisotopic (exact) mass is 303 g/mol. The van der Waals surface area contributed by atoms with E-state index in [1.54, 1.807) is 4.90 Å². The molecular weight excluding hydrogens is 286 g/mol. The van der Waals surface area contributed by atoms with Crippen LogP contribution in [0.5, 0.6) is 5.75 Å². The first kappa shape index (κ1) is 16.1. The molecule has 1 aromatic rings. The molecule has 1 aromatic carbocycles. The van der Waals surface area contributed by atoms with Crippen LogP contribution in [-0.4, -0.2) is 48.2 Å². The Balaban J connectivity index is 2.14. The number of benzene rings is 1. The van der Waals surface area contributed by atoms with E-state index in [1.807, 2.05) is 0 Å². The van der Waals surface area contributed by atoms with E-state index in [4.69, 9.17) is 4.74 Å². The van der Waals surface area contributed by atoms with Gasteiger partial charge in [-0.05, 0) is 11.6 Å². The number of rotatable bonds is 4. The molecular formula is C13H17BF3NO3. The maximum Gasteiger partial charge on any atom is 0.492 e. The minimum atomic E-state index is -2.63. The molecule has 1 saturated heterocycles. The fourth-order valence-electron chi connectivity index (χ4n) is 2.47. The van der Waals surface area contributed by atoms with Crippen LogP contribution in [0.2, 0.25) is 0 Å². The van der Waals surface area contributed by atoms with Gasteiger partial charge in [-0.15, -0.1) is 0 Å². The molecule has 0 radical (unpaired) electrons. The summed E-state index contributed by atoms with van der Waals surface area (Å²) in [5.41, 5.74) is 0.413. The van der Waals surface area contributed by atoms with Gasteiger partial charge in [-0.2, -0.15) is 0 Å². The van der Waals surface area contributed by atoms with Crippen molar-refractivity contribution in [2.24, 2.45) is 0 Å². The summed E-state index contributed by atoms with van der Waals surface area (Å²) in [6, 6.07) is 2.64. The average Bonchev–Trinajstić information content (AvgIpc) is 2.40. The highest BCUT2D eigenvalue weighted by Crippen LogP contribution is 2.28. The number of likely N-dealkylation sites (tertiary alicyclic amines) is 1. The number of hydrogen-bond donors (Lipinski definition) is 2. The fraction of sp³-hybridized carbons (Fsp3) is 0.538. The molecule has 2 N–H and O–H groups in total. The van der Waals surface area contributed by atoms with Crippen LogP contribution in [0, 0.1) is 5.82 Å². The smallest absolute Gasteiger partial charge is 0.492 e. The van der Waals surface area contributed by atoms with Crippen LogP contribution < -0.4 is 10.2 Å². The van der Waals surface area contributed by atoms with E-state index in [0.29, 0.717) is 5.56 Å². The summed E-state index contributed by atoms with van der Waals surface area (Å²) in [5, 5.41) is 18.5. The predicted octanol–water partition coefficient (Wildman–Crippen LogP) is 0.745. The summed E-state index contributed by atoms with van der Waals surface area (Å²) in [5.74, 6) is -3.56. The molecule has 0 spiro atoms. The Morgan fingerprint density at radius 1 is 1.29 bits per heavy atom. The lowest BCUT2D eigenvalue weighted by atomic mass is 9.78. The quantitative estimate of drug-likeness (QED) is 0.806. The Labute approximate surface area is 121 Å². The van der Waals surface area contributed by atoms with Gasteiger partial charge in [0, 0.05) is 37.9 Å². The number of halogens is 3. The van der Waals surface area contributed by atoms with Crippen LogP contribution in [0.4, 0.5) is 13.2 Å². The third-order valence-electron chi connectivity index (χ3n) is 3.61. The van der Waals surface area contributed by atoms with E-state index >= 15 is 0 Å². The molecule has 0 bridgehead atoms. The highest BCUT2D eigenvalue weighted by atomic mass is 19.3. The minimum Gasteiger partial charge on any atom is -0.494 e. The molecule has 1 aliphatic rings. The maximum absolute atomic E-state index is 13.9. The standard InChI is InChI=1S/C13H17BF3NO3/c1-21-12-10(14(19)20)6-9(7-11(12)15)8-18-4-2-13(16,17)3-5-18/h6-7,19-20H,2-5,8H2,1H3. The first-order valence-corrected chi connectivity index (χ1v) is 6.65. The van der Waals surface area contributed by atoms with Crippen LogP contribution in [-0.2, 0) is 6.54 Å². The number of alkyl halides is 2. The van der Waals surface area contributed by atoms with Crippen molar-refractivity contribution in [1.29, 1.82) is 0 Å². The van der Waals surface area contributed by atoms with Gasteiger partial charge in [0.2, 0.25) is 0 Å². The lowest BCUT2D eigenvalue weighted by Gasteiger charge is -2.31. The molecule has 21 heavy (non-hydrogen) atoms. The van der Waals surface area contributed by atoms with Gasteiger partial charge in [-0.25, -0.2) is 13.2 Å². The summed E-state index contributed by atoms with van der Waals surface area (Å²) in [6.07, 6.45) is -0.442. The zero-order valence-corrected chi connectivity index (χ0v) is 11.7. The highest BCUT2D eigenvalue weighted by Gasteiger charge is 2.34. The minimum absolute atomic E-state index is 0.0742. The first-order chi connectivity index (χ1) is 9.82. The molecule has 116 valence electrons.